The lowest BCUT2D eigenvalue weighted by Gasteiger charge is -2.39. The first kappa shape index (κ1) is 30.5. The van der Waals surface area contributed by atoms with Crippen LogP contribution in [0.3, 0.4) is 0 Å². The third-order valence-electron chi connectivity index (χ3n) is 12.6. The molecule has 1 spiro atoms. The minimum absolute atomic E-state index is 0.506. The number of rotatable bonds is 3. The van der Waals surface area contributed by atoms with Crippen molar-refractivity contribution in [1.82, 2.24) is 0 Å². The van der Waals surface area contributed by atoms with E-state index in [1.807, 2.05) is 0 Å². The van der Waals surface area contributed by atoms with Crippen molar-refractivity contribution in [3.8, 4) is 44.9 Å². The van der Waals surface area contributed by atoms with E-state index < -0.39 is 10.8 Å². The summed E-state index contributed by atoms with van der Waals surface area (Å²) < 4.78 is 6.78. The van der Waals surface area contributed by atoms with Gasteiger partial charge in [0, 0.05) is 11.1 Å². The smallest absolute Gasteiger partial charge is 0.132 e. The predicted octanol–water partition coefficient (Wildman–Crippen LogP) is 13.3. The van der Waals surface area contributed by atoms with Crippen LogP contribution in [-0.2, 0) is 10.8 Å². The summed E-state index contributed by atoms with van der Waals surface area (Å²) in [6.07, 6.45) is 0. The molecule has 9 aromatic carbocycles. The van der Waals surface area contributed by atoms with Gasteiger partial charge < -0.3 is 4.74 Å². The van der Waals surface area contributed by atoms with E-state index in [2.05, 4.69) is 206 Å². The highest BCUT2D eigenvalue weighted by atomic mass is 16.5. The SMILES string of the molecule is c1ccc(C2(c3cccc(-c4ccc5c(c4)C4(c6ccccc6O5)c5ccccc5-c5ccccc54)c3)c3ccccc3-c3cc4ccccc4cc32)cc1. The normalized spacial score (nSPS) is 16.4. The van der Waals surface area contributed by atoms with Crippen LogP contribution >= 0.6 is 0 Å². The molecule has 1 aliphatic heterocycles. The van der Waals surface area contributed by atoms with E-state index in [-0.39, 0.29) is 0 Å². The lowest BCUT2D eigenvalue weighted by molar-refractivity contribution is 0.436. The van der Waals surface area contributed by atoms with Crippen LogP contribution in [-0.4, -0.2) is 0 Å². The largest absolute Gasteiger partial charge is 0.457 e. The van der Waals surface area contributed by atoms with Crippen LogP contribution < -0.4 is 4.74 Å². The molecule has 12 rings (SSSR count). The minimum Gasteiger partial charge on any atom is -0.457 e. The summed E-state index contributed by atoms with van der Waals surface area (Å²) in [6.45, 7) is 0. The fourth-order valence-electron chi connectivity index (χ4n) is 10.4. The van der Waals surface area contributed by atoms with E-state index in [0.29, 0.717) is 0 Å². The fraction of sp³-hybridized carbons (Fsp3) is 0.0370. The van der Waals surface area contributed by atoms with Gasteiger partial charge in [0.25, 0.3) is 0 Å². The Morgan fingerprint density at radius 3 is 1.53 bits per heavy atom. The van der Waals surface area contributed by atoms with E-state index in [9.17, 15) is 0 Å². The van der Waals surface area contributed by atoms with Crippen LogP contribution in [0.15, 0.2) is 206 Å². The Kier molecular flexibility index (Phi) is 6.25. The van der Waals surface area contributed by atoms with Crippen molar-refractivity contribution in [2.75, 3.05) is 0 Å². The van der Waals surface area contributed by atoms with Gasteiger partial charge in [-0.3, -0.25) is 0 Å². The van der Waals surface area contributed by atoms with Gasteiger partial charge in [0.2, 0.25) is 0 Å². The van der Waals surface area contributed by atoms with E-state index in [1.165, 1.54) is 83.1 Å². The van der Waals surface area contributed by atoms with Gasteiger partial charge in [-0.05, 0) is 114 Å². The number of para-hydroxylation sites is 1. The average Bonchev–Trinajstić information content (AvgIpc) is 3.71. The van der Waals surface area contributed by atoms with Gasteiger partial charge in [-0.15, -0.1) is 0 Å². The number of hydrogen-bond acceptors (Lipinski definition) is 1. The Morgan fingerprint density at radius 2 is 0.800 bits per heavy atom. The number of benzene rings is 9. The van der Waals surface area contributed by atoms with E-state index in [0.717, 1.165) is 17.1 Å². The van der Waals surface area contributed by atoms with Crippen LogP contribution in [0.1, 0.15) is 44.5 Å². The quantitative estimate of drug-likeness (QED) is 0.178. The maximum absolute atomic E-state index is 6.78. The molecule has 1 unspecified atom stereocenters. The molecule has 0 amide bonds. The summed E-state index contributed by atoms with van der Waals surface area (Å²) in [5.41, 5.74) is 16.6. The third kappa shape index (κ3) is 3.97. The highest BCUT2D eigenvalue weighted by Crippen LogP contribution is 2.63. The van der Waals surface area contributed by atoms with Crippen molar-refractivity contribution < 1.29 is 4.74 Å². The molecule has 9 aromatic rings. The molecule has 0 radical (unpaired) electrons. The molecule has 0 saturated carbocycles. The molecule has 0 aromatic heterocycles. The second-order valence-electron chi connectivity index (χ2n) is 15.1. The zero-order chi connectivity index (χ0) is 36.1. The van der Waals surface area contributed by atoms with Gasteiger partial charge in [-0.1, -0.05) is 170 Å². The summed E-state index contributed by atoms with van der Waals surface area (Å²) in [6, 6.07) is 76.3. The van der Waals surface area contributed by atoms with E-state index in [1.54, 1.807) is 0 Å². The Balaban J connectivity index is 1.12. The van der Waals surface area contributed by atoms with Crippen LogP contribution in [0, 0.1) is 0 Å². The van der Waals surface area contributed by atoms with Crippen molar-refractivity contribution in [2.24, 2.45) is 0 Å². The third-order valence-corrected chi connectivity index (χ3v) is 12.6. The van der Waals surface area contributed by atoms with Crippen LogP contribution in [0.2, 0.25) is 0 Å². The zero-order valence-corrected chi connectivity index (χ0v) is 30.0. The topological polar surface area (TPSA) is 9.23 Å². The highest BCUT2D eigenvalue weighted by molar-refractivity contribution is 5.96. The molecule has 3 aliphatic rings. The second kappa shape index (κ2) is 11.3. The maximum atomic E-state index is 6.78. The predicted molar refractivity (Wildman–Crippen MR) is 224 cm³/mol. The van der Waals surface area contributed by atoms with Gasteiger partial charge in [0.05, 0.1) is 10.8 Å². The first-order valence-corrected chi connectivity index (χ1v) is 19.2. The Labute approximate surface area is 320 Å². The Hall–Kier alpha value is -6.96. The van der Waals surface area contributed by atoms with Crippen molar-refractivity contribution in [1.29, 1.82) is 0 Å². The standard InChI is InChI=1S/C54H34O/c1-2-18-39(19-3-1)53(45-24-9-8-23-43(45)44-32-36-15-4-5-16-37(36)33-49(44)53)40-20-14-17-35(31-40)38-29-30-52-50(34-38)54(48-27-12-13-28-51(48)55-52)46-25-10-6-21-41(46)42-22-7-11-26-47(42)54/h1-34H. The molecule has 0 bridgehead atoms. The number of ether oxygens (including phenoxy) is 1. The molecule has 0 fully saturated rings. The lowest BCUT2D eigenvalue weighted by atomic mass is 9.65. The van der Waals surface area contributed by atoms with E-state index in [4.69, 9.17) is 4.74 Å². The molecule has 1 atom stereocenters. The second-order valence-corrected chi connectivity index (χ2v) is 15.1. The molecule has 1 heterocycles. The van der Waals surface area contributed by atoms with Crippen molar-refractivity contribution in [3.63, 3.8) is 0 Å². The van der Waals surface area contributed by atoms with Gasteiger partial charge in [0.15, 0.2) is 0 Å². The molecular formula is C54H34O. The van der Waals surface area contributed by atoms with Gasteiger partial charge in [0.1, 0.15) is 11.5 Å². The molecule has 256 valence electrons. The summed E-state index contributed by atoms with van der Waals surface area (Å²) in [5.74, 6) is 1.81. The van der Waals surface area contributed by atoms with E-state index >= 15 is 0 Å². The van der Waals surface area contributed by atoms with Crippen LogP contribution in [0.25, 0.3) is 44.2 Å². The molecule has 2 aliphatic carbocycles. The molecule has 1 nitrogen and oxygen atoms in total. The number of hydrogen-bond donors (Lipinski definition) is 0. The molecule has 0 N–H and O–H groups in total. The number of fused-ring (bicyclic) bond motifs is 13. The van der Waals surface area contributed by atoms with Crippen molar-refractivity contribution >= 4 is 10.8 Å². The Morgan fingerprint density at radius 1 is 0.273 bits per heavy atom. The van der Waals surface area contributed by atoms with Gasteiger partial charge in [-0.25, -0.2) is 0 Å². The molecular weight excluding hydrogens is 665 g/mol. The lowest BCUT2D eigenvalue weighted by Crippen LogP contribution is -2.32. The zero-order valence-electron chi connectivity index (χ0n) is 30.0. The fourth-order valence-corrected chi connectivity index (χ4v) is 10.4. The minimum atomic E-state index is -0.513. The monoisotopic (exact) mass is 698 g/mol. The average molecular weight is 699 g/mol. The highest BCUT2D eigenvalue weighted by Gasteiger charge is 2.51. The Bertz CT molecular complexity index is 2980. The van der Waals surface area contributed by atoms with Crippen LogP contribution in [0.5, 0.6) is 11.5 Å². The molecule has 55 heavy (non-hydrogen) atoms. The molecule has 1 heteroatoms. The summed E-state index contributed by atoms with van der Waals surface area (Å²) >= 11 is 0. The van der Waals surface area contributed by atoms with Gasteiger partial charge in [-0.2, -0.15) is 0 Å². The van der Waals surface area contributed by atoms with Crippen LogP contribution in [0.4, 0.5) is 0 Å². The maximum Gasteiger partial charge on any atom is 0.132 e. The molecule has 0 saturated heterocycles. The summed E-state index contributed by atoms with van der Waals surface area (Å²) in [4.78, 5) is 0. The first-order valence-electron chi connectivity index (χ1n) is 19.2. The summed E-state index contributed by atoms with van der Waals surface area (Å²) in [7, 11) is 0. The first-order chi connectivity index (χ1) is 27.3. The van der Waals surface area contributed by atoms with Crippen molar-refractivity contribution in [3.05, 3.63) is 251 Å². The summed E-state index contributed by atoms with van der Waals surface area (Å²) in [5, 5.41) is 2.51. The van der Waals surface area contributed by atoms with Gasteiger partial charge >= 0.3 is 0 Å². The van der Waals surface area contributed by atoms with Crippen molar-refractivity contribution in [2.45, 2.75) is 10.8 Å².